The molecule has 0 aliphatic heterocycles. The van der Waals surface area contributed by atoms with Gasteiger partial charge >= 0.3 is 12.2 Å². The Labute approximate surface area is 204 Å². The smallest absolute Gasteiger partial charge is 0.417 e. The molecule has 3 amide bonds. The van der Waals surface area contributed by atoms with E-state index in [1.807, 2.05) is 0 Å². The second-order valence-electron chi connectivity index (χ2n) is 6.67. The molecule has 1 heterocycles. The van der Waals surface area contributed by atoms with Crippen molar-refractivity contribution < 1.29 is 32.6 Å². The van der Waals surface area contributed by atoms with E-state index in [0.29, 0.717) is 17.2 Å². The lowest BCUT2D eigenvalue weighted by atomic mass is 10.2. The van der Waals surface area contributed by atoms with E-state index in [4.69, 9.17) is 21.4 Å². The summed E-state index contributed by atoms with van der Waals surface area (Å²) in [6.45, 7) is 1.93. The largest absolute Gasteiger partial charge is 0.457 e. The standard InChI is InChI=1S/C21H16ClF3N4O3.C2H6O/c1-26-19(30)18-11-15(8-9-27-18)32-14-5-2-12(3-6-14)28-20(31)29-13-4-7-17(22)16(10-13)21(23,24)25;1-2-3/h2-11H,1H3,(H,26,30)(H2,28,29,31);3H,2H2,1H3. The molecule has 0 spiro atoms. The Kier molecular flexibility index (Phi) is 9.86. The fourth-order valence-electron chi connectivity index (χ4n) is 2.58. The predicted molar refractivity (Wildman–Crippen MR) is 126 cm³/mol. The third-order valence-electron chi connectivity index (χ3n) is 4.07. The van der Waals surface area contributed by atoms with Crippen LogP contribution in [-0.2, 0) is 6.18 Å². The van der Waals surface area contributed by atoms with Gasteiger partial charge in [-0.05, 0) is 55.5 Å². The molecule has 0 aliphatic carbocycles. The maximum atomic E-state index is 12.9. The fourth-order valence-corrected chi connectivity index (χ4v) is 2.81. The number of nitrogens with one attached hydrogen (secondary N) is 3. The number of carbonyl (C=O) groups is 2. The molecule has 8 nitrogen and oxygen atoms in total. The minimum Gasteiger partial charge on any atom is -0.457 e. The number of benzene rings is 2. The number of anilines is 2. The monoisotopic (exact) mass is 510 g/mol. The van der Waals surface area contributed by atoms with Crippen LogP contribution in [0.2, 0.25) is 5.02 Å². The molecule has 0 unspecified atom stereocenters. The van der Waals surface area contributed by atoms with Crippen LogP contribution in [0, 0.1) is 0 Å². The zero-order valence-electron chi connectivity index (χ0n) is 18.6. The van der Waals surface area contributed by atoms with Gasteiger partial charge in [0.15, 0.2) is 0 Å². The third-order valence-corrected chi connectivity index (χ3v) is 4.40. The molecule has 1 aromatic heterocycles. The number of aliphatic hydroxyl groups excluding tert-OH is 1. The van der Waals surface area contributed by atoms with Gasteiger partial charge in [-0.1, -0.05) is 11.6 Å². The van der Waals surface area contributed by atoms with Crippen LogP contribution in [0.4, 0.5) is 29.3 Å². The van der Waals surface area contributed by atoms with Crippen LogP contribution in [0.25, 0.3) is 0 Å². The molecule has 35 heavy (non-hydrogen) atoms. The van der Waals surface area contributed by atoms with Crippen molar-refractivity contribution in [1.29, 1.82) is 0 Å². The van der Waals surface area contributed by atoms with E-state index in [9.17, 15) is 22.8 Å². The SMILES string of the molecule is CCO.CNC(=O)c1cc(Oc2ccc(NC(=O)Nc3ccc(Cl)c(C(F)(F)F)c3)cc2)ccn1. The molecule has 0 fully saturated rings. The van der Waals surface area contributed by atoms with E-state index in [1.54, 1.807) is 37.3 Å². The van der Waals surface area contributed by atoms with Crippen molar-refractivity contribution in [1.82, 2.24) is 10.3 Å². The van der Waals surface area contributed by atoms with Gasteiger partial charge in [0.25, 0.3) is 5.91 Å². The Morgan fingerprint density at radius 3 is 2.20 bits per heavy atom. The second-order valence-corrected chi connectivity index (χ2v) is 7.08. The van der Waals surface area contributed by atoms with Crippen LogP contribution >= 0.6 is 11.6 Å². The number of carbonyl (C=O) groups excluding carboxylic acids is 2. The van der Waals surface area contributed by atoms with E-state index >= 15 is 0 Å². The van der Waals surface area contributed by atoms with E-state index < -0.39 is 22.8 Å². The van der Waals surface area contributed by atoms with Gasteiger partial charge in [0.1, 0.15) is 17.2 Å². The van der Waals surface area contributed by atoms with E-state index in [-0.39, 0.29) is 23.9 Å². The summed E-state index contributed by atoms with van der Waals surface area (Å²) in [4.78, 5) is 27.7. The zero-order valence-corrected chi connectivity index (χ0v) is 19.4. The van der Waals surface area contributed by atoms with Crippen LogP contribution in [0.5, 0.6) is 11.5 Å². The number of amides is 3. The average molecular weight is 511 g/mol. The molecule has 3 aromatic rings. The minimum absolute atomic E-state index is 0.0659. The predicted octanol–water partition coefficient (Wildman–Crippen LogP) is 5.55. The minimum atomic E-state index is -4.64. The lowest BCUT2D eigenvalue weighted by Crippen LogP contribution is -2.19. The first-order valence-corrected chi connectivity index (χ1v) is 10.5. The molecule has 3 rings (SSSR count). The number of alkyl halides is 3. The van der Waals surface area contributed by atoms with Crippen LogP contribution in [-0.4, -0.2) is 35.7 Å². The number of aliphatic hydroxyl groups is 1. The van der Waals surface area contributed by atoms with Crippen molar-refractivity contribution in [3.63, 3.8) is 0 Å². The molecule has 4 N–H and O–H groups in total. The normalized spacial score (nSPS) is 10.5. The van der Waals surface area contributed by atoms with Crippen molar-refractivity contribution in [2.24, 2.45) is 0 Å². The van der Waals surface area contributed by atoms with Crippen LogP contribution in [0.15, 0.2) is 60.8 Å². The summed E-state index contributed by atoms with van der Waals surface area (Å²) in [6, 6.07) is 11.6. The lowest BCUT2D eigenvalue weighted by molar-refractivity contribution is -0.137. The Morgan fingerprint density at radius 1 is 1.00 bits per heavy atom. The van der Waals surface area contributed by atoms with Gasteiger partial charge < -0.3 is 25.8 Å². The van der Waals surface area contributed by atoms with Gasteiger partial charge in [0.2, 0.25) is 0 Å². The first-order chi connectivity index (χ1) is 16.6. The molecule has 12 heteroatoms. The number of ether oxygens (including phenoxy) is 1. The number of hydrogen-bond acceptors (Lipinski definition) is 5. The zero-order chi connectivity index (χ0) is 26.0. The Bertz CT molecular complexity index is 1160. The molecule has 2 aromatic carbocycles. The summed E-state index contributed by atoms with van der Waals surface area (Å²) in [5, 5.41) is 14.4. The van der Waals surface area contributed by atoms with Gasteiger partial charge in [0.05, 0.1) is 10.6 Å². The number of hydrogen-bond donors (Lipinski definition) is 4. The molecule has 0 radical (unpaired) electrons. The molecule has 0 bridgehead atoms. The van der Waals surface area contributed by atoms with E-state index in [0.717, 1.165) is 12.1 Å². The number of aromatic nitrogens is 1. The van der Waals surface area contributed by atoms with Crippen molar-refractivity contribution in [3.05, 3.63) is 77.1 Å². The number of nitrogens with zero attached hydrogens (tertiary/aromatic N) is 1. The van der Waals surface area contributed by atoms with Crippen LogP contribution in [0.1, 0.15) is 23.0 Å². The topological polar surface area (TPSA) is 113 Å². The molecular formula is C23H22ClF3N4O4. The maximum absolute atomic E-state index is 12.9. The van der Waals surface area contributed by atoms with Crippen molar-refractivity contribution >= 4 is 34.9 Å². The highest BCUT2D eigenvalue weighted by atomic mass is 35.5. The van der Waals surface area contributed by atoms with Gasteiger partial charge in [-0.15, -0.1) is 0 Å². The first-order valence-electron chi connectivity index (χ1n) is 10.1. The number of halogens is 4. The molecular weight excluding hydrogens is 489 g/mol. The molecule has 0 aliphatic rings. The molecule has 0 saturated heterocycles. The summed E-state index contributed by atoms with van der Waals surface area (Å²) in [6.07, 6.45) is -3.21. The van der Waals surface area contributed by atoms with Crippen LogP contribution in [0.3, 0.4) is 0 Å². The van der Waals surface area contributed by atoms with Gasteiger partial charge in [0, 0.05) is 37.3 Å². The quantitative estimate of drug-likeness (QED) is 0.359. The van der Waals surface area contributed by atoms with Crippen molar-refractivity contribution in [2.45, 2.75) is 13.1 Å². The molecule has 186 valence electrons. The van der Waals surface area contributed by atoms with Gasteiger partial charge in [-0.25, -0.2) is 4.79 Å². The van der Waals surface area contributed by atoms with Gasteiger partial charge in [-0.2, -0.15) is 13.2 Å². The highest BCUT2D eigenvalue weighted by Crippen LogP contribution is 2.36. The molecule has 0 saturated carbocycles. The summed E-state index contributed by atoms with van der Waals surface area (Å²) in [5.74, 6) is 0.460. The van der Waals surface area contributed by atoms with E-state index in [1.165, 1.54) is 25.4 Å². The Morgan fingerprint density at radius 2 is 1.60 bits per heavy atom. The highest BCUT2D eigenvalue weighted by molar-refractivity contribution is 6.31. The Balaban J connectivity index is 0.00000137. The number of pyridine rings is 1. The second kappa shape index (κ2) is 12.6. The van der Waals surface area contributed by atoms with E-state index in [2.05, 4.69) is 20.9 Å². The third kappa shape index (κ3) is 8.47. The lowest BCUT2D eigenvalue weighted by Gasteiger charge is -2.12. The number of urea groups is 1. The Hall–Kier alpha value is -3.83. The van der Waals surface area contributed by atoms with Crippen molar-refractivity contribution in [3.8, 4) is 11.5 Å². The number of rotatable bonds is 5. The summed E-state index contributed by atoms with van der Waals surface area (Å²) in [7, 11) is 1.49. The fraction of sp³-hybridized carbons (Fsp3) is 0.174. The van der Waals surface area contributed by atoms with Gasteiger partial charge in [-0.3, -0.25) is 9.78 Å². The maximum Gasteiger partial charge on any atom is 0.417 e. The average Bonchev–Trinajstić information content (AvgIpc) is 2.81. The highest BCUT2D eigenvalue weighted by Gasteiger charge is 2.33. The summed E-state index contributed by atoms with van der Waals surface area (Å²) in [5.41, 5.74) is -0.547. The summed E-state index contributed by atoms with van der Waals surface area (Å²) >= 11 is 5.57. The van der Waals surface area contributed by atoms with Crippen molar-refractivity contribution in [2.75, 3.05) is 24.3 Å². The first kappa shape index (κ1) is 27.4. The van der Waals surface area contributed by atoms with Crippen LogP contribution < -0.4 is 20.7 Å². The molecule has 0 atom stereocenters. The summed E-state index contributed by atoms with van der Waals surface area (Å²) < 4.78 is 44.5.